The number of benzene rings is 2. The predicted molar refractivity (Wildman–Crippen MR) is 127 cm³/mol. The molecule has 4 heteroatoms. The largest absolute Gasteiger partial charge is 0.507 e. The lowest BCUT2D eigenvalue weighted by atomic mass is 9.89. The molecular formula is C27H36FNO2. The molecule has 1 atom stereocenters. The van der Waals surface area contributed by atoms with Crippen molar-refractivity contribution in [1.29, 1.82) is 0 Å². The van der Waals surface area contributed by atoms with Crippen LogP contribution in [0.1, 0.15) is 74.7 Å². The van der Waals surface area contributed by atoms with Crippen molar-refractivity contribution in [1.82, 2.24) is 0 Å². The van der Waals surface area contributed by atoms with Crippen LogP contribution in [0.3, 0.4) is 0 Å². The van der Waals surface area contributed by atoms with Crippen LogP contribution >= 0.6 is 0 Å². The third-order valence-corrected chi connectivity index (χ3v) is 5.78. The Morgan fingerprint density at radius 1 is 1.06 bits per heavy atom. The lowest BCUT2D eigenvalue weighted by Gasteiger charge is -2.30. The van der Waals surface area contributed by atoms with E-state index in [1.54, 1.807) is 37.3 Å². The molecule has 0 aliphatic heterocycles. The van der Waals surface area contributed by atoms with Crippen molar-refractivity contribution < 1.29 is 14.3 Å². The van der Waals surface area contributed by atoms with Crippen LogP contribution in [-0.4, -0.2) is 17.4 Å². The number of anilines is 1. The number of phenolic OH excluding ortho intramolecular Hbond substituents is 1. The molecule has 0 aliphatic rings. The number of aromatic hydroxyl groups is 1. The van der Waals surface area contributed by atoms with Crippen molar-refractivity contribution in [3.8, 4) is 5.75 Å². The van der Waals surface area contributed by atoms with Crippen LogP contribution in [-0.2, 0) is 0 Å². The Morgan fingerprint density at radius 3 is 2.48 bits per heavy atom. The van der Waals surface area contributed by atoms with E-state index in [0.717, 1.165) is 50.0 Å². The van der Waals surface area contributed by atoms with Crippen LogP contribution in [0.25, 0.3) is 0 Å². The summed E-state index contributed by atoms with van der Waals surface area (Å²) in [5.41, 5.74) is 2.73. The zero-order valence-corrected chi connectivity index (χ0v) is 19.2. The molecule has 2 aromatic carbocycles. The van der Waals surface area contributed by atoms with Gasteiger partial charge in [-0.1, -0.05) is 57.9 Å². The van der Waals surface area contributed by atoms with E-state index in [1.165, 1.54) is 6.07 Å². The smallest absolute Gasteiger partial charge is 0.166 e. The van der Waals surface area contributed by atoms with Crippen LogP contribution in [0.15, 0.2) is 54.7 Å². The number of para-hydroxylation sites is 1. The van der Waals surface area contributed by atoms with E-state index in [0.29, 0.717) is 24.0 Å². The first-order chi connectivity index (χ1) is 14.9. The number of phenols is 1. The fourth-order valence-electron chi connectivity index (χ4n) is 4.05. The molecule has 0 saturated carbocycles. The standard InChI is InChI=1S/C27H36FNO2/c1-5-7-8-12-22(19-27(31)23-13-9-10-16-26(23)30)18-20(3)29(17-6-2)25-15-11-14-24(28)21(25)4/h9-11,13-16,22,30H,3,5-8,12,17-19H2,1-2,4H3. The zero-order chi connectivity index (χ0) is 22.8. The summed E-state index contributed by atoms with van der Waals surface area (Å²) in [6.07, 6.45) is 6.15. The van der Waals surface area contributed by atoms with Crippen molar-refractivity contribution in [3.63, 3.8) is 0 Å². The van der Waals surface area contributed by atoms with Gasteiger partial charge in [-0.2, -0.15) is 0 Å². The van der Waals surface area contributed by atoms with Crippen molar-refractivity contribution >= 4 is 11.5 Å². The molecule has 0 aromatic heterocycles. The second-order valence-electron chi connectivity index (χ2n) is 8.31. The molecule has 0 saturated heterocycles. The van der Waals surface area contributed by atoms with Crippen LogP contribution in [0.5, 0.6) is 5.75 Å². The molecule has 31 heavy (non-hydrogen) atoms. The molecule has 0 fully saturated rings. The first-order valence-electron chi connectivity index (χ1n) is 11.4. The number of hydrogen-bond acceptors (Lipinski definition) is 3. The van der Waals surface area contributed by atoms with E-state index in [-0.39, 0.29) is 23.3 Å². The number of rotatable bonds is 13. The first kappa shape index (κ1) is 24.6. The van der Waals surface area contributed by atoms with Gasteiger partial charge in [0.25, 0.3) is 0 Å². The Labute approximate surface area is 186 Å². The van der Waals surface area contributed by atoms with Gasteiger partial charge in [-0.25, -0.2) is 4.39 Å². The van der Waals surface area contributed by atoms with Gasteiger partial charge in [0, 0.05) is 29.9 Å². The van der Waals surface area contributed by atoms with Crippen LogP contribution in [0.4, 0.5) is 10.1 Å². The van der Waals surface area contributed by atoms with Gasteiger partial charge in [0.1, 0.15) is 11.6 Å². The molecule has 0 bridgehead atoms. The highest BCUT2D eigenvalue weighted by atomic mass is 19.1. The van der Waals surface area contributed by atoms with E-state index in [9.17, 15) is 14.3 Å². The van der Waals surface area contributed by atoms with Crippen molar-refractivity contribution in [2.75, 3.05) is 11.4 Å². The zero-order valence-electron chi connectivity index (χ0n) is 19.2. The second kappa shape index (κ2) is 12.3. The average Bonchev–Trinajstić information content (AvgIpc) is 2.74. The maximum atomic E-state index is 14.2. The molecule has 0 radical (unpaired) electrons. The van der Waals surface area contributed by atoms with Crippen molar-refractivity contribution in [2.24, 2.45) is 5.92 Å². The fraction of sp³-hybridized carbons (Fsp3) is 0.444. The van der Waals surface area contributed by atoms with Crippen LogP contribution in [0.2, 0.25) is 0 Å². The number of nitrogens with zero attached hydrogens (tertiary/aromatic N) is 1. The molecule has 2 aromatic rings. The first-order valence-corrected chi connectivity index (χ1v) is 11.4. The monoisotopic (exact) mass is 425 g/mol. The van der Waals surface area contributed by atoms with Gasteiger partial charge in [-0.05, 0) is 56.4 Å². The van der Waals surface area contributed by atoms with Gasteiger partial charge in [-0.15, -0.1) is 0 Å². The second-order valence-corrected chi connectivity index (χ2v) is 8.31. The van der Waals surface area contributed by atoms with E-state index < -0.39 is 0 Å². The summed E-state index contributed by atoms with van der Waals surface area (Å²) in [6.45, 7) is 11.1. The molecule has 1 N–H and O–H groups in total. The summed E-state index contributed by atoms with van der Waals surface area (Å²) in [5.74, 6) is -0.113. The SMILES string of the molecule is C=C(CC(CCCCC)CC(=O)c1ccccc1O)N(CCC)c1cccc(F)c1C. The molecule has 168 valence electrons. The Morgan fingerprint density at radius 2 is 1.81 bits per heavy atom. The number of Topliss-reactive ketones (excluding diaryl/α,β-unsaturated/α-hetero) is 1. The molecule has 2 rings (SSSR count). The fourth-order valence-corrected chi connectivity index (χ4v) is 4.05. The van der Waals surface area contributed by atoms with Gasteiger partial charge < -0.3 is 10.0 Å². The highest BCUT2D eigenvalue weighted by Crippen LogP contribution is 2.31. The van der Waals surface area contributed by atoms with E-state index in [1.807, 2.05) is 6.07 Å². The molecule has 1 unspecified atom stereocenters. The number of carbonyl (C=O) groups excluding carboxylic acids is 1. The number of allylic oxidation sites excluding steroid dienone is 1. The van der Waals surface area contributed by atoms with Gasteiger partial charge in [0.2, 0.25) is 0 Å². The number of carbonyl (C=O) groups is 1. The van der Waals surface area contributed by atoms with E-state index in [2.05, 4.69) is 25.3 Å². The maximum absolute atomic E-state index is 14.2. The normalized spacial score (nSPS) is 11.9. The number of halogens is 1. The predicted octanol–water partition coefficient (Wildman–Crippen LogP) is 7.43. The molecule has 0 spiro atoms. The number of hydrogen-bond donors (Lipinski definition) is 1. The Balaban J connectivity index is 2.20. The number of ketones is 1. The molecule has 0 heterocycles. The lowest BCUT2D eigenvalue weighted by Crippen LogP contribution is -2.26. The average molecular weight is 426 g/mol. The highest BCUT2D eigenvalue weighted by Gasteiger charge is 2.21. The molecule has 0 aliphatic carbocycles. The minimum absolute atomic E-state index is 0.0293. The highest BCUT2D eigenvalue weighted by molar-refractivity contribution is 5.98. The Kier molecular flexibility index (Phi) is 9.77. The quantitative estimate of drug-likeness (QED) is 0.268. The summed E-state index contributed by atoms with van der Waals surface area (Å²) in [4.78, 5) is 15.0. The van der Waals surface area contributed by atoms with E-state index in [4.69, 9.17) is 0 Å². The maximum Gasteiger partial charge on any atom is 0.166 e. The topological polar surface area (TPSA) is 40.5 Å². The molecular weight excluding hydrogens is 389 g/mol. The summed E-state index contributed by atoms with van der Waals surface area (Å²) in [7, 11) is 0. The molecule has 3 nitrogen and oxygen atoms in total. The summed E-state index contributed by atoms with van der Waals surface area (Å²) >= 11 is 0. The van der Waals surface area contributed by atoms with Gasteiger partial charge in [0.05, 0.1) is 5.56 Å². The summed E-state index contributed by atoms with van der Waals surface area (Å²) < 4.78 is 14.2. The third kappa shape index (κ3) is 6.95. The van der Waals surface area contributed by atoms with Gasteiger partial charge >= 0.3 is 0 Å². The summed E-state index contributed by atoms with van der Waals surface area (Å²) in [6, 6.07) is 11.9. The number of unbranched alkanes of at least 4 members (excludes halogenated alkanes) is 2. The summed E-state index contributed by atoms with van der Waals surface area (Å²) in [5, 5.41) is 10.1. The van der Waals surface area contributed by atoms with Crippen LogP contribution < -0.4 is 4.90 Å². The minimum Gasteiger partial charge on any atom is -0.507 e. The van der Waals surface area contributed by atoms with E-state index >= 15 is 0 Å². The van der Waals surface area contributed by atoms with Gasteiger partial charge in [0.15, 0.2) is 5.78 Å². The van der Waals surface area contributed by atoms with Crippen molar-refractivity contribution in [3.05, 3.63) is 71.7 Å². The minimum atomic E-state index is -0.222. The van der Waals surface area contributed by atoms with Gasteiger partial charge in [-0.3, -0.25) is 4.79 Å². The van der Waals surface area contributed by atoms with Crippen molar-refractivity contribution in [2.45, 2.75) is 65.7 Å². The van der Waals surface area contributed by atoms with Crippen LogP contribution in [0, 0.1) is 18.7 Å². The molecule has 0 amide bonds. The Hall–Kier alpha value is -2.62. The lowest BCUT2D eigenvalue weighted by molar-refractivity contribution is 0.0955. The third-order valence-electron chi connectivity index (χ3n) is 5.78. The Bertz CT molecular complexity index is 877.